The summed E-state index contributed by atoms with van der Waals surface area (Å²) in [5.74, 6) is 2.73. The quantitative estimate of drug-likeness (QED) is 0.632. The highest BCUT2D eigenvalue weighted by Gasteiger charge is 2.72. The van der Waals surface area contributed by atoms with Gasteiger partial charge in [0.1, 0.15) is 0 Å². The average Bonchev–Trinajstić information content (AvgIpc) is 2.77. The van der Waals surface area contributed by atoms with Crippen molar-refractivity contribution in [1.82, 2.24) is 0 Å². The van der Waals surface area contributed by atoms with Crippen molar-refractivity contribution in [3.8, 4) is 0 Å². The molecule has 0 aromatic heterocycles. The van der Waals surface area contributed by atoms with Crippen LogP contribution >= 0.6 is 0 Å². The zero-order valence-electron chi connectivity index (χ0n) is 8.01. The van der Waals surface area contributed by atoms with Gasteiger partial charge < -0.3 is 5.11 Å². The van der Waals surface area contributed by atoms with E-state index in [2.05, 4.69) is 13.8 Å². The van der Waals surface area contributed by atoms with Crippen LogP contribution in [0, 0.1) is 28.6 Å². The van der Waals surface area contributed by atoms with Gasteiger partial charge in [-0.15, -0.1) is 0 Å². The molecule has 4 rings (SSSR count). The fraction of sp³-hybridized carbons (Fsp3) is 1.00. The van der Waals surface area contributed by atoms with Crippen LogP contribution in [0.15, 0.2) is 0 Å². The Kier molecular flexibility index (Phi) is 1.07. The van der Waals surface area contributed by atoms with Crippen LogP contribution in [0.2, 0.25) is 0 Å². The number of aliphatic hydroxyl groups is 1. The van der Waals surface area contributed by atoms with Crippen molar-refractivity contribution in [1.29, 1.82) is 0 Å². The molecule has 0 aromatic carbocycles. The summed E-state index contributed by atoms with van der Waals surface area (Å²) >= 11 is 0. The minimum atomic E-state index is 0.401. The van der Waals surface area contributed by atoms with E-state index in [1.807, 2.05) is 0 Å². The zero-order chi connectivity index (χ0) is 8.56. The molecule has 0 amide bonds. The number of hydrogen-bond donors (Lipinski definition) is 1. The van der Waals surface area contributed by atoms with E-state index >= 15 is 0 Å². The van der Waals surface area contributed by atoms with Crippen molar-refractivity contribution in [2.75, 3.05) is 6.61 Å². The van der Waals surface area contributed by atoms with Crippen molar-refractivity contribution in [2.45, 2.75) is 33.1 Å². The molecule has 4 saturated carbocycles. The van der Waals surface area contributed by atoms with Gasteiger partial charge in [-0.2, -0.15) is 0 Å². The lowest BCUT2D eigenvalue weighted by atomic mass is 9.45. The van der Waals surface area contributed by atoms with Gasteiger partial charge in [0.15, 0.2) is 0 Å². The van der Waals surface area contributed by atoms with Gasteiger partial charge in [0.25, 0.3) is 0 Å². The minimum absolute atomic E-state index is 0.401. The van der Waals surface area contributed by atoms with Gasteiger partial charge in [0.2, 0.25) is 0 Å². The van der Waals surface area contributed by atoms with Crippen LogP contribution in [0.4, 0.5) is 0 Å². The molecule has 4 aliphatic carbocycles. The number of hydrogen-bond acceptors (Lipinski definition) is 1. The predicted octanol–water partition coefficient (Wildman–Crippen LogP) is 2.05. The summed E-state index contributed by atoms with van der Waals surface area (Å²) in [4.78, 5) is 0. The largest absolute Gasteiger partial charge is 0.396 e. The fourth-order valence-corrected chi connectivity index (χ4v) is 4.18. The first kappa shape index (κ1) is 7.37. The normalized spacial score (nSPS) is 58.8. The van der Waals surface area contributed by atoms with Gasteiger partial charge in [-0.05, 0) is 47.8 Å². The summed E-state index contributed by atoms with van der Waals surface area (Å²) in [5, 5.41) is 9.42. The summed E-state index contributed by atoms with van der Waals surface area (Å²) in [6.07, 6.45) is 4.14. The van der Waals surface area contributed by atoms with Crippen LogP contribution in [0.1, 0.15) is 33.1 Å². The summed E-state index contributed by atoms with van der Waals surface area (Å²) < 4.78 is 0. The average molecular weight is 166 g/mol. The third-order valence-electron chi connectivity index (χ3n) is 5.31. The maximum atomic E-state index is 9.42. The second kappa shape index (κ2) is 1.75. The maximum absolute atomic E-state index is 9.42. The molecule has 0 radical (unpaired) electrons. The molecule has 4 aliphatic rings. The third kappa shape index (κ3) is 0.555. The smallest absolute Gasteiger partial charge is 0.0493 e. The molecule has 0 spiro atoms. The van der Waals surface area contributed by atoms with Crippen molar-refractivity contribution < 1.29 is 5.11 Å². The van der Waals surface area contributed by atoms with E-state index in [9.17, 15) is 5.11 Å². The summed E-state index contributed by atoms with van der Waals surface area (Å²) in [5.41, 5.74) is 0.952. The lowest BCUT2D eigenvalue weighted by molar-refractivity contribution is -0.125. The van der Waals surface area contributed by atoms with E-state index in [-0.39, 0.29) is 0 Å². The molecule has 12 heavy (non-hydrogen) atoms. The Morgan fingerprint density at radius 1 is 1.25 bits per heavy atom. The monoisotopic (exact) mass is 166 g/mol. The second-order valence-electron chi connectivity index (χ2n) is 5.83. The lowest BCUT2D eigenvalue weighted by Gasteiger charge is -2.60. The third-order valence-corrected chi connectivity index (χ3v) is 5.31. The first-order valence-corrected chi connectivity index (χ1v) is 5.22. The van der Waals surface area contributed by atoms with Gasteiger partial charge in [0, 0.05) is 6.61 Å². The minimum Gasteiger partial charge on any atom is -0.396 e. The summed E-state index contributed by atoms with van der Waals surface area (Å²) in [6.45, 7) is 5.26. The SMILES string of the molecule is CC1(C)[C@@H]2C[C@H]3C[C@@]3(CO)[C@H]1C2. The maximum Gasteiger partial charge on any atom is 0.0493 e. The molecule has 2 bridgehead atoms. The van der Waals surface area contributed by atoms with Gasteiger partial charge in [0.05, 0.1) is 0 Å². The Hall–Kier alpha value is -0.0400. The summed E-state index contributed by atoms with van der Waals surface area (Å²) in [7, 11) is 0. The van der Waals surface area contributed by atoms with E-state index in [1.54, 1.807) is 0 Å². The molecule has 4 fully saturated rings. The standard InChI is InChI=1S/C11H18O/c1-10(2)7-3-8-5-11(8,6-12)9(10)4-7/h7-9,12H,3-6H2,1-2H3/t7-,8+,9+,11+/m1/s1. The number of rotatable bonds is 1. The van der Waals surface area contributed by atoms with Gasteiger partial charge in [-0.25, -0.2) is 0 Å². The molecule has 0 unspecified atom stereocenters. The highest BCUT2D eigenvalue weighted by molar-refractivity contribution is 5.20. The van der Waals surface area contributed by atoms with Crippen molar-refractivity contribution in [3.63, 3.8) is 0 Å². The first-order chi connectivity index (χ1) is 5.61. The second-order valence-corrected chi connectivity index (χ2v) is 5.83. The highest BCUT2D eigenvalue weighted by Crippen LogP contribution is 2.77. The van der Waals surface area contributed by atoms with E-state index in [4.69, 9.17) is 0 Å². The van der Waals surface area contributed by atoms with Crippen LogP contribution in [0.3, 0.4) is 0 Å². The van der Waals surface area contributed by atoms with Crippen molar-refractivity contribution in [3.05, 3.63) is 0 Å². The van der Waals surface area contributed by atoms with E-state index in [0.717, 1.165) is 17.8 Å². The molecular weight excluding hydrogens is 148 g/mol. The molecule has 68 valence electrons. The molecule has 0 saturated heterocycles. The molecule has 4 atom stereocenters. The van der Waals surface area contributed by atoms with E-state index < -0.39 is 0 Å². The predicted molar refractivity (Wildman–Crippen MR) is 47.6 cm³/mol. The molecule has 1 heteroatoms. The molecule has 0 heterocycles. The van der Waals surface area contributed by atoms with Crippen LogP contribution in [-0.2, 0) is 0 Å². The van der Waals surface area contributed by atoms with Gasteiger partial charge in [-0.1, -0.05) is 13.8 Å². The van der Waals surface area contributed by atoms with Crippen LogP contribution < -0.4 is 0 Å². The molecule has 0 aromatic rings. The topological polar surface area (TPSA) is 20.2 Å². The molecule has 1 nitrogen and oxygen atoms in total. The Balaban J connectivity index is 1.94. The first-order valence-electron chi connectivity index (χ1n) is 5.22. The molecule has 0 aliphatic heterocycles. The lowest BCUT2D eigenvalue weighted by Crippen LogP contribution is -2.54. The van der Waals surface area contributed by atoms with Crippen LogP contribution in [0.25, 0.3) is 0 Å². The zero-order valence-corrected chi connectivity index (χ0v) is 8.01. The van der Waals surface area contributed by atoms with Gasteiger partial charge in [-0.3, -0.25) is 0 Å². The van der Waals surface area contributed by atoms with Crippen LogP contribution in [-0.4, -0.2) is 11.7 Å². The van der Waals surface area contributed by atoms with Crippen molar-refractivity contribution in [2.24, 2.45) is 28.6 Å². The van der Waals surface area contributed by atoms with Crippen LogP contribution in [0.5, 0.6) is 0 Å². The highest BCUT2D eigenvalue weighted by atomic mass is 16.3. The Morgan fingerprint density at radius 2 is 2.00 bits per heavy atom. The van der Waals surface area contributed by atoms with E-state index in [1.165, 1.54) is 19.3 Å². The Labute approximate surface area is 74.2 Å². The van der Waals surface area contributed by atoms with Gasteiger partial charge >= 0.3 is 0 Å². The summed E-state index contributed by atoms with van der Waals surface area (Å²) in [6, 6.07) is 0. The fourth-order valence-electron chi connectivity index (χ4n) is 4.18. The number of aliphatic hydroxyl groups excluding tert-OH is 1. The Bertz CT molecular complexity index is 233. The van der Waals surface area contributed by atoms with Crippen molar-refractivity contribution >= 4 is 0 Å². The van der Waals surface area contributed by atoms with E-state index in [0.29, 0.717) is 17.4 Å². The Morgan fingerprint density at radius 3 is 2.50 bits per heavy atom. The molecular formula is C11H18O. The molecule has 1 N–H and O–H groups in total.